The number of piperidine rings is 1. The van der Waals surface area contributed by atoms with Crippen LogP contribution in [0.4, 0.5) is 5.69 Å². The zero-order chi connectivity index (χ0) is 21.4. The van der Waals surface area contributed by atoms with Gasteiger partial charge in [0, 0.05) is 30.5 Å². The van der Waals surface area contributed by atoms with Crippen molar-refractivity contribution in [1.29, 1.82) is 0 Å². The fourth-order valence-electron chi connectivity index (χ4n) is 6.29. The molecule has 0 unspecified atom stereocenters. The van der Waals surface area contributed by atoms with Crippen molar-refractivity contribution >= 4 is 5.69 Å². The average molecular weight is 435 g/mol. The summed E-state index contributed by atoms with van der Waals surface area (Å²) in [5.41, 5.74) is 3.10. The Balaban J connectivity index is 1.02. The molecule has 1 aliphatic carbocycles. The highest BCUT2D eigenvalue weighted by molar-refractivity contribution is 5.46. The number of aromatic nitrogens is 2. The third-order valence-electron chi connectivity index (χ3n) is 8.23. The molecule has 6 heteroatoms. The van der Waals surface area contributed by atoms with Gasteiger partial charge in [0.1, 0.15) is 12.1 Å². The topological polar surface area (TPSA) is 50.7 Å². The SMILES string of the molecule is c1ccc(C2CCN([C@@H]3CCC4(C3)CN(c3cncnc3)C4)CC2)c(OCC2COC2)c1. The number of hydrogen-bond acceptors (Lipinski definition) is 6. The highest BCUT2D eigenvalue weighted by Gasteiger charge is 2.49. The molecule has 6 nitrogen and oxygen atoms in total. The fourth-order valence-corrected chi connectivity index (χ4v) is 6.29. The Labute approximate surface area is 190 Å². The van der Waals surface area contributed by atoms with Gasteiger partial charge >= 0.3 is 0 Å². The number of likely N-dealkylation sites (tertiary alicyclic amines) is 1. The van der Waals surface area contributed by atoms with Crippen LogP contribution in [-0.2, 0) is 4.74 Å². The van der Waals surface area contributed by atoms with E-state index in [4.69, 9.17) is 9.47 Å². The summed E-state index contributed by atoms with van der Waals surface area (Å²) in [7, 11) is 0. The summed E-state index contributed by atoms with van der Waals surface area (Å²) in [4.78, 5) is 13.6. The molecule has 4 heterocycles. The Kier molecular flexibility index (Phi) is 5.51. The average Bonchev–Trinajstić information content (AvgIpc) is 3.24. The summed E-state index contributed by atoms with van der Waals surface area (Å²) in [5, 5.41) is 0. The van der Waals surface area contributed by atoms with Crippen LogP contribution in [-0.4, -0.2) is 66.9 Å². The second kappa shape index (κ2) is 8.64. The molecule has 3 saturated heterocycles. The molecule has 32 heavy (non-hydrogen) atoms. The summed E-state index contributed by atoms with van der Waals surface area (Å²) >= 11 is 0. The number of ether oxygens (including phenoxy) is 2. The molecule has 1 atom stereocenters. The first-order chi connectivity index (χ1) is 15.8. The molecule has 4 aliphatic rings. The minimum Gasteiger partial charge on any atom is -0.493 e. The summed E-state index contributed by atoms with van der Waals surface area (Å²) < 4.78 is 11.5. The molecule has 1 saturated carbocycles. The Morgan fingerprint density at radius 1 is 1.03 bits per heavy atom. The van der Waals surface area contributed by atoms with Crippen LogP contribution in [0.15, 0.2) is 43.0 Å². The number of anilines is 1. The van der Waals surface area contributed by atoms with Crippen LogP contribution < -0.4 is 9.64 Å². The first-order valence-corrected chi connectivity index (χ1v) is 12.3. The molecule has 1 aromatic carbocycles. The lowest BCUT2D eigenvalue weighted by atomic mass is 9.77. The largest absolute Gasteiger partial charge is 0.493 e. The van der Waals surface area contributed by atoms with Gasteiger partial charge in [-0.05, 0) is 62.7 Å². The van der Waals surface area contributed by atoms with Crippen LogP contribution in [0.1, 0.15) is 43.6 Å². The first-order valence-electron chi connectivity index (χ1n) is 12.3. The molecule has 0 bridgehead atoms. The molecule has 0 radical (unpaired) electrons. The molecule has 6 rings (SSSR count). The van der Waals surface area contributed by atoms with Gasteiger partial charge < -0.3 is 19.3 Å². The van der Waals surface area contributed by atoms with Gasteiger partial charge in [-0.15, -0.1) is 0 Å². The van der Waals surface area contributed by atoms with Gasteiger partial charge in [-0.25, -0.2) is 9.97 Å². The molecule has 170 valence electrons. The van der Waals surface area contributed by atoms with E-state index in [-0.39, 0.29) is 0 Å². The Morgan fingerprint density at radius 3 is 2.56 bits per heavy atom. The van der Waals surface area contributed by atoms with Crippen molar-refractivity contribution in [3.63, 3.8) is 0 Å². The zero-order valence-electron chi connectivity index (χ0n) is 18.9. The maximum absolute atomic E-state index is 6.21. The monoisotopic (exact) mass is 434 g/mol. The number of nitrogens with zero attached hydrogens (tertiary/aromatic N) is 4. The van der Waals surface area contributed by atoms with Gasteiger partial charge in [0.2, 0.25) is 0 Å². The van der Waals surface area contributed by atoms with Crippen molar-refractivity contribution in [2.24, 2.45) is 11.3 Å². The van der Waals surface area contributed by atoms with E-state index in [0.29, 0.717) is 17.3 Å². The minimum absolute atomic E-state index is 0.517. The van der Waals surface area contributed by atoms with E-state index < -0.39 is 0 Å². The standard InChI is InChI=1S/C26H34N4O2/c1-2-4-25(32-16-20-14-31-15-20)24(3-1)21-6-9-29(10-7-21)22-5-8-26(11-22)17-30(18-26)23-12-27-19-28-13-23/h1-4,12-13,19-22H,5-11,14-18H2/t22-/m1/s1. The van der Waals surface area contributed by atoms with Crippen molar-refractivity contribution in [2.75, 3.05) is 50.9 Å². The normalized spacial score (nSPS) is 26.1. The smallest absolute Gasteiger partial charge is 0.122 e. The predicted octanol–water partition coefficient (Wildman–Crippen LogP) is 3.74. The molecular weight excluding hydrogens is 400 g/mol. The molecule has 3 aliphatic heterocycles. The molecular formula is C26H34N4O2. The maximum Gasteiger partial charge on any atom is 0.122 e. The zero-order valence-corrected chi connectivity index (χ0v) is 18.9. The fraction of sp³-hybridized carbons (Fsp3) is 0.615. The summed E-state index contributed by atoms with van der Waals surface area (Å²) in [6.45, 7) is 7.25. The van der Waals surface area contributed by atoms with Gasteiger partial charge in [0.05, 0.1) is 37.9 Å². The molecule has 4 fully saturated rings. The molecule has 0 N–H and O–H groups in total. The first kappa shape index (κ1) is 20.4. The quantitative estimate of drug-likeness (QED) is 0.690. The number of benzene rings is 1. The van der Waals surface area contributed by atoms with Gasteiger partial charge in [0.25, 0.3) is 0 Å². The van der Waals surface area contributed by atoms with Crippen molar-refractivity contribution < 1.29 is 9.47 Å². The van der Waals surface area contributed by atoms with Crippen molar-refractivity contribution in [1.82, 2.24) is 14.9 Å². The van der Waals surface area contributed by atoms with E-state index in [2.05, 4.69) is 44.0 Å². The lowest BCUT2D eigenvalue weighted by Crippen LogP contribution is -2.56. The van der Waals surface area contributed by atoms with Gasteiger partial charge in [-0.1, -0.05) is 18.2 Å². The van der Waals surface area contributed by atoms with Crippen molar-refractivity contribution in [3.05, 3.63) is 48.5 Å². The molecule has 1 spiro atoms. The van der Waals surface area contributed by atoms with Crippen molar-refractivity contribution in [2.45, 2.75) is 44.1 Å². The number of rotatable bonds is 6. The highest BCUT2D eigenvalue weighted by Crippen LogP contribution is 2.49. The van der Waals surface area contributed by atoms with E-state index in [1.54, 1.807) is 6.33 Å². The number of para-hydroxylation sites is 1. The van der Waals surface area contributed by atoms with Gasteiger partial charge in [-0.3, -0.25) is 0 Å². The van der Waals surface area contributed by atoms with Crippen LogP contribution in [0, 0.1) is 11.3 Å². The van der Waals surface area contributed by atoms with Crippen LogP contribution in [0.2, 0.25) is 0 Å². The van der Waals surface area contributed by atoms with E-state index in [1.165, 1.54) is 69.5 Å². The summed E-state index contributed by atoms with van der Waals surface area (Å²) in [6.07, 6.45) is 12.1. The predicted molar refractivity (Wildman–Crippen MR) is 124 cm³/mol. The van der Waals surface area contributed by atoms with Crippen LogP contribution >= 0.6 is 0 Å². The van der Waals surface area contributed by atoms with Crippen LogP contribution in [0.5, 0.6) is 5.75 Å². The molecule has 0 amide bonds. The Morgan fingerprint density at radius 2 is 1.81 bits per heavy atom. The Bertz CT molecular complexity index is 905. The Hall–Kier alpha value is -2.18. The minimum atomic E-state index is 0.517. The van der Waals surface area contributed by atoms with Gasteiger partial charge in [0.15, 0.2) is 0 Å². The van der Waals surface area contributed by atoms with Crippen LogP contribution in [0.25, 0.3) is 0 Å². The lowest BCUT2D eigenvalue weighted by Gasteiger charge is -2.50. The van der Waals surface area contributed by atoms with Gasteiger partial charge in [-0.2, -0.15) is 0 Å². The summed E-state index contributed by atoms with van der Waals surface area (Å²) in [5.74, 6) is 2.28. The second-order valence-electron chi connectivity index (χ2n) is 10.4. The molecule has 1 aromatic heterocycles. The maximum atomic E-state index is 6.21. The lowest BCUT2D eigenvalue weighted by molar-refractivity contribution is -0.0510. The van der Waals surface area contributed by atoms with E-state index in [0.717, 1.165) is 31.6 Å². The number of hydrogen-bond donors (Lipinski definition) is 0. The summed E-state index contributed by atoms with van der Waals surface area (Å²) in [6, 6.07) is 9.47. The third kappa shape index (κ3) is 3.99. The highest BCUT2D eigenvalue weighted by atomic mass is 16.5. The van der Waals surface area contributed by atoms with E-state index in [9.17, 15) is 0 Å². The van der Waals surface area contributed by atoms with E-state index >= 15 is 0 Å². The van der Waals surface area contributed by atoms with Crippen LogP contribution in [0.3, 0.4) is 0 Å². The molecule has 2 aromatic rings. The third-order valence-corrected chi connectivity index (χ3v) is 8.23. The van der Waals surface area contributed by atoms with Crippen molar-refractivity contribution in [3.8, 4) is 5.75 Å². The van der Waals surface area contributed by atoms with E-state index in [1.807, 2.05) is 12.4 Å². The second-order valence-corrected chi connectivity index (χ2v) is 10.4.